The van der Waals surface area contributed by atoms with E-state index in [0.717, 1.165) is 29.8 Å². The van der Waals surface area contributed by atoms with Crippen molar-refractivity contribution in [1.82, 2.24) is 5.32 Å². The molecule has 26 heavy (non-hydrogen) atoms. The van der Waals surface area contributed by atoms with Crippen LogP contribution in [0.25, 0.3) is 0 Å². The lowest BCUT2D eigenvalue weighted by Crippen LogP contribution is -2.38. The Bertz CT molecular complexity index is 648. The van der Waals surface area contributed by atoms with Gasteiger partial charge in [-0.05, 0) is 55.8 Å². The van der Waals surface area contributed by atoms with Gasteiger partial charge in [0.05, 0.1) is 12.7 Å². The Hall–Kier alpha value is -1.14. The molecule has 4 nitrogen and oxygen atoms in total. The van der Waals surface area contributed by atoms with Gasteiger partial charge in [-0.25, -0.2) is 4.79 Å². The summed E-state index contributed by atoms with van der Waals surface area (Å²) >= 11 is 7.24. The van der Waals surface area contributed by atoms with Crippen molar-refractivity contribution >= 4 is 39.6 Å². The number of thiocarbonyl (C=S) groups is 1. The normalized spacial score (nSPS) is 21.2. The largest absolute Gasteiger partial charge is 0.465 e. The fraction of sp³-hybridized carbons (Fsp3) is 0.700. The van der Waals surface area contributed by atoms with Crippen LogP contribution in [0.5, 0.6) is 0 Å². The van der Waals surface area contributed by atoms with E-state index < -0.39 is 0 Å². The summed E-state index contributed by atoms with van der Waals surface area (Å²) in [6, 6.07) is 0.437. The molecule has 0 amide bonds. The maximum atomic E-state index is 12.4. The van der Waals surface area contributed by atoms with Crippen molar-refractivity contribution in [2.75, 3.05) is 12.4 Å². The van der Waals surface area contributed by atoms with Crippen molar-refractivity contribution in [3.8, 4) is 0 Å². The van der Waals surface area contributed by atoms with Crippen LogP contribution < -0.4 is 10.6 Å². The summed E-state index contributed by atoms with van der Waals surface area (Å²) in [6.07, 6.45) is 12.0. The fourth-order valence-electron chi connectivity index (χ4n) is 4.08. The molecule has 3 rings (SSSR count). The molecule has 1 heterocycles. The molecular weight excluding hydrogens is 364 g/mol. The predicted octanol–water partition coefficient (Wildman–Crippen LogP) is 5.06. The van der Waals surface area contributed by atoms with E-state index >= 15 is 0 Å². The van der Waals surface area contributed by atoms with Crippen LogP contribution in [-0.4, -0.2) is 24.2 Å². The fourth-order valence-corrected chi connectivity index (χ4v) is 5.82. The van der Waals surface area contributed by atoms with Crippen LogP contribution in [0.1, 0.15) is 79.1 Å². The number of methoxy groups -OCH3 is 1. The number of rotatable bonds is 3. The van der Waals surface area contributed by atoms with Gasteiger partial charge >= 0.3 is 5.97 Å². The first kappa shape index (κ1) is 19.6. The van der Waals surface area contributed by atoms with E-state index in [4.69, 9.17) is 17.0 Å². The number of thiophene rings is 1. The third-order valence-electron chi connectivity index (χ3n) is 5.57. The van der Waals surface area contributed by atoms with Crippen LogP contribution in [-0.2, 0) is 17.6 Å². The second kappa shape index (κ2) is 9.18. The zero-order valence-corrected chi connectivity index (χ0v) is 17.5. The molecule has 0 aliphatic heterocycles. The van der Waals surface area contributed by atoms with Crippen LogP contribution in [0, 0.1) is 5.92 Å². The van der Waals surface area contributed by atoms with Gasteiger partial charge in [0.25, 0.3) is 0 Å². The van der Waals surface area contributed by atoms with E-state index in [-0.39, 0.29) is 5.97 Å². The van der Waals surface area contributed by atoms with Gasteiger partial charge in [-0.2, -0.15) is 0 Å². The average molecular weight is 395 g/mol. The van der Waals surface area contributed by atoms with Gasteiger partial charge in [0.15, 0.2) is 5.11 Å². The van der Waals surface area contributed by atoms with Gasteiger partial charge in [0.1, 0.15) is 5.00 Å². The van der Waals surface area contributed by atoms with E-state index in [0.29, 0.717) is 22.6 Å². The number of anilines is 1. The predicted molar refractivity (Wildman–Crippen MR) is 112 cm³/mol. The van der Waals surface area contributed by atoms with Gasteiger partial charge in [0, 0.05) is 10.9 Å². The van der Waals surface area contributed by atoms with Gasteiger partial charge in [-0.15, -0.1) is 11.3 Å². The molecule has 1 fully saturated rings. The number of carbonyl (C=O) groups excluding carboxylic acids is 1. The second-order valence-electron chi connectivity index (χ2n) is 7.69. The SMILES string of the molecule is COC(=O)c1c(NC(=S)NC2CCCCCCC2)sc2c1CCC(C)C2. The van der Waals surface area contributed by atoms with Crippen molar-refractivity contribution < 1.29 is 9.53 Å². The maximum Gasteiger partial charge on any atom is 0.341 e. The third-order valence-corrected chi connectivity index (χ3v) is 6.96. The Morgan fingerprint density at radius 3 is 2.54 bits per heavy atom. The molecule has 2 aliphatic rings. The zero-order chi connectivity index (χ0) is 18.5. The lowest BCUT2D eigenvalue weighted by Gasteiger charge is -2.22. The summed E-state index contributed by atoms with van der Waals surface area (Å²) in [5, 5.41) is 8.28. The molecule has 1 aromatic rings. The first-order chi connectivity index (χ1) is 12.6. The maximum absolute atomic E-state index is 12.4. The highest BCUT2D eigenvalue weighted by Gasteiger charge is 2.28. The average Bonchev–Trinajstić information content (AvgIpc) is 2.93. The minimum Gasteiger partial charge on any atom is -0.465 e. The molecule has 0 aromatic carbocycles. The van der Waals surface area contributed by atoms with Crippen LogP contribution in [0.3, 0.4) is 0 Å². The molecular formula is C20H30N2O2S2. The van der Waals surface area contributed by atoms with Crippen LogP contribution >= 0.6 is 23.6 Å². The smallest absolute Gasteiger partial charge is 0.341 e. The molecule has 2 aliphatic carbocycles. The molecule has 0 radical (unpaired) electrons. The number of fused-ring (bicyclic) bond motifs is 1. The number of nitrogens with one attached hydrogen (secondary N) is 2. The summed E-state index contributed by atoms with van der Waals surface area (Å²) in [4.78, 5) is 13.7. The molecule has 1 atom stereocenters. The lowest BCUT2D eigenvalue weighted by molar-refractivity contribution is 0.0601. The molecule has 6 heteroatoms. The Kier molecular flexibility index (Phi) is 6.92. The molecule has 1 saturated carbocycles. The quantitative estimate of drug-likeness (QED) is 0.554. The van der Waals surface area contributed by atoms with Crippen molar-refractivity contribution in [2.45, 2.75) is 77.2 Å². The molecule has 144 valence electrons. The minimum atomic E-state index is -0.256. The van der Waals surface area contributed by atoms with Crippen LogP contribution in [0.2, 0.25) is 0 Å². The van der Waals surface area contributed by atoms with Gasteiger partial charge < -0.3 is 15.4 Å². The molecule has 0 bridgehead atoms. The highest BCUT2D eigenvalue weighted by atomic mass is 32.1. The Labute approximate surface area is 166 Å². The van der Waals surface area contributed by atoms with Gasteiger partial charge in [-0.1, -0.05) is 39.0 Å². The van der Waals surface area contributed by atoms with E-state index in [9.17, 15) is 4.79 Å². The summed E-state index contributed by atoms with van der Waals surface area (Å²) in [5.74, 6) is 0.410. The molecule has 2 N–H and O–H groups in total. The van der Waals surface area contributed by atoms with E-state index in [1.807, 2.05) is 0 Å². The van der Waals surface area contributed by atoms with Crippen molar-refractivity contribution in [2.24, 2.45) is 5.92 Å². The molecule has 0 saturated heterocycles. The lowest BCUT2D eigenvalue weighted by atomic mass is 9.88. The number of hydrogen-bond acceptors (Lipinski definition) is 4. The van der Waals surface area contributed by atoms with E-state index in [2.05, 4.69) is 17.6 Å². The van der Waals surface area contributed by atoms with Crippen LogP contribution in [0.4, 0.5) is 5.00 Å². The van der Waals surface area contributed by atoms with Crippen molar-refractivity contribution in [3.63, 3.8) is 0 Å². The summed E-state index contributed by atoms with van der Waals surface area (Å²) in [7, 11) is 1.45. The van der Waals surface area contributed by atoms with Crippen LogP contribution in [0.15, 0.2) is 0 Å². The standard InChI is InChI=1S/C20H30N2O2S2/c1-13-10-11-15-16(12-13)26-18(17(15)19(23)24-2)22-20(25)21-14-8-6-4-3-5-7-9-14/h13-14H,3-12H2,1-2H3,(H2,21,22,25). The van der Waals surface area contributed by atoms with Gasteiger partial charge in [0.2, 0.25) is 0 Å². The number of esters is 1. The Morgan fingerprint density at radius 1 is 1.15 bits per heavy atom. The summed E-state index contributed by atoms with van der Waals surface area (Å²) < 4.78 is 5.05. The Morgan fingerprint density at radius 2 is 1.85 bits per heavy atom. The monoisotopic (exact) mass is 394 g/mol. The highest BCUT2D eigenvalue weighted by molar-refractivity contribution is 7.80. The molecule has 0 spiro atoms. The third kappa shape index (κ3) is 4.77. The number of carbonyl (C=O) groups is 1. The minimum absolute atomic E-state index is 0.256. The van der Waals surface area contributed by atoms with Crippen molar-refractivity contribution in [1.29, 1.82) is 0 Å². The first-order valence-electron chi connectivity index (χ1n) is 9.88. The van der Waals surface area contributed by atoms with E-state index in [1.165, 1.54) is 56.9 Å². The zero-order valence-electron chi connectivity index (χ0n) is 15.9. The molecule has 1 aromatic heterocycles. The first-order valence-corrected chi connectivity index (χ1v) is 11.1. The number of hydrogen-bond donors (Lipinski definition) is 2. The topological polar surface area (TPSA) is 50.4 Å². The second-order valence-corrected chi connectivity index (χ2v) is 9.20. The van der Waals surface area contributed by atoms with Gasteiger partial charge in [-0.3, -0.25) is 0 Å². The molecule has 1 unspecified atom stereocenters. The highest BCUT2D eigenvalue weighted by Crippen LogP contribution is 2.40. The summed E-state index contributed by atoms with van der Waals surface area (Å²) in [5.41, 5.74) is 1.86. The Balaban J connectivity index is 1.71. The summed E-state index contributed by atoms with van der Waals surface area (Å²) in [6.45, 7) is 2.27. The van der Waals surface area contributed by atoms with E-state index in [1.54, 1.807) is 11.3 Å². The number of ether oxygens (including phenoxy) is 1. The van der Waals surface area contributed by atoms with Crippen molar-refractivity contribution in [3.05, 3.63) is 16.0 Å².